The summed E-state index contributed by atoms with van der Waals surface area (Å²) >= 11 is 0. The summed E-state index contributed by atoms with van der Waals surface area (Å²) < 4.78 is 15.6. The quantitative estimate of drug-likeness (QED) is 0.805. The summed E-state index contributed by atoms with van der Waals surface area (Å²) in [6.45, 7) is 3.84. The van der Waals surface area contributed by atoms with Crippen LogP contribution in [0, 0.1) is 19.7 Å². The number of halogens is 1. The lowest BCUT2D eigenvalue weighted by atomic mass is 10.1. The van der Waals surface area contributed by atoms with E-state index in [1.807, 2.05) is 32.0 Å². The SMILES string of the molecule is Cc1ccc(-n2nnc(C(=O)O)c2-c2ccccc2F)c(C)c1. The van der Waals surface area contributed by atoms with Crippen LogP contribution in [-0.2, 0) is 0 Å². The largest absolute Gasteiger partial charge is 0.476 e. The van der Waals surface area contributed by atoms with Gasteiger partial charge in [-0.2, -0.15) is 0 Å². The van der Waals surface area contributed by atoms with Crippen LogP contribution in [0.3, 0.4) is 0 Å². The van der Waals surface area contributed by atoms with Crippen LogP contribution < -0.4 is 0 Å². The number of rotatable bonds is 3. The molecule has 0 atom stereocenters. The number of benzene rings is 2. The number of hydrogen-bond acceptors (Lipinski definition) is 3. The van der Waals surface area contributed by atoms with Gasteiger partial charge in [0.15, 0.2) is 5.69 Å². The van der Waals surface area contributed by atoms with Gasteiger partial charge in [-0.15, -0.1) is 5.10 Å². The van der Waals surface area contributed by atoms with Crippen LogP contribution in [0.25, 0.3) is 16.9 Å². The second-order valence-electron chi connectivity index (χ2n) is 5.27. The Bertz CT molecular complexity index is 903. The Balaban J connectivity index is 2.31. The maximum Gasteiger partial charge on any atom is 0.358 e. The zero-order valence-corrected chi connectivity index (χ0v) is 12.6. The Hall–Kier alpha value is -3.02. The van der Waals surface area contributed by atoms with Crippen molar-refractivity contribution >= 4 is 5.97 Å². The fourth-order valence-electron chi connectivity index (χ4n) is 2.53. The fraction of sp³-hybridized carbons (Fsp3) is 0.118. The van der Waals surface area contributed by atoms with E-state index < -0.39 is 11.8 Å². The van der Waals surface area contributed by atoms with Crippen molar-refractivity contribution in [3.63, 3.8) is 0 Å². The van der Waals surface area contributed by atoms with Crippen LogP contribution in [0.2, 0.25) is 0 Å². The maximum absolute atomic E-state index is 14.2. The molecule has 1 N–H and O–H groups in total. The van der Waals surface area contributed by atoms with Gasteiger partial charge in [0, 0.05) is 5.56 Å². The molecule has 0 spiro atoms. The molecule has 2 aromatic carbocycles. The van der Waals surface area contributed by atoms with E-state index in [4.69, 9.17) is 0 Å². The van der Waals surface area contributed by atoms with Gasteiger partial charge in [-0.25, -0.2) is 13.9 Å². The number of aryl methyl sites for hydroxylation is 2. The molecule has 1 heterocycles. The van der Waals surface area contributed by atoms with Crippen molar-refractivity contribution in [2.75, 3.05) is 0 Å². The highest BCUT2D eigenvalue weighted by atomic mass is 19.1. The van der Waals surface area contributed by atoms with Gasteiger partial charge >= 0.3 is 5.97 Å². The smallest absolute Gasteiger partial charge is 0.358 e. The summed E-state index contributed by atoms with van der Waals surface area (Å²) in [6, 6.07) is 11.6. The molecule has 0 aliphatic carbocycles. The van der Waals surface area contributed by atoms with E-state index in [0.717, 1.165) is 11.1 Å². The van der Waals surface area contributed by atoms with Crippen LogP contribution in [0.5, 0.6) is 0 Å². The lowest BCUT2D eigenvalue weighted by Gasteiger charge is -2.11. The minimum absolute atomic E-state index is 0.127. The second kappa shape index (κ2) is 5.64. The highest BCUT2D eigenvalue weighted by molar-refractivity contribution is 5.93. The van der Waals surface area contributed by atoms with E-state index in [1.165, 1.54) is 16.8 Å². The molecule has 1 aromatic heterocycles. The average molecular weight is 311 g/mol. The van der Waals surface area contributed by atoms with Gasteiger partial charge in [-0.1, -0.05) is 35.0 Å². The molecule has 0 aliphatic rings. The molecule has 0 unspecified atom stereocenters. The third-order valence-electron chi connectivity index (χ3n) is 3.58. The first-order valence-corrected chi connectivity index (χ1v) is 7.00. The highest BCUT2D eigenvalue weighted by Crippen LogP contribution is 2.28. The lowest BCUT2D eigenvalue weighted by Crippen LogP contribution is -2.05. The molecule has 3 aromatic rings. The van der Waals surface area contributed by atoms with E-state index in [9.17, 15) is 14.3 Å². The fourth-order valence-corrected chi connectivity index (χ4v) is 2.53. The van der Waals surface area contributed by atoms with Gasteiger partial charge in [-0.05, 0) is 37.6 Å². The van der Waals surface area contributed by atoms with Crippen LogP contribution in [0.15, 0.2) is 42.5 Å². The Morgan fingerprint density at radius 3 is 2.57 bits per heavy atom. The molecule has 0 saturated heterocycles. The number of carboxylic acids is 1. The standard InChI is InChI=1S/C17H14FN3O2/c1-10-7-8-14(11(2)9-10)21-16(15(17(22)23)19-20-21)12-5-3-4-6-13(12)18/h3-9H,1-2H3,(H,22,23). The minimum Gasteiger partial charge on any atom is -0.476 e. The molecule has 0 saturated carbocycles. The van der Waals surface area contributed by atoms with Gasteiger partial charge in [0.25, 0.3) is 0 Å². The average Bonchev–Trinajstić information content (AvgIpc) is 2.92. The molecular formula is C17H14FN3O2. The Morgan fingerprint density at radius 2 is 1.91 bits per heavy atom. The molecule has 0 amide bonds. The third-order valence-corrected chi connectivity index (χ3v) is 3.58. The highest BCUT2D eigenvalue weighted by Gasteiger charge is 2.24. The van der Waals surface area contributed by atoms with Crippen molar-refractivity contribution in [1.82, 2.24) is 15.0 Å². The van der Waals surface area contributed by atoms with Crippen LogP contribution in [0.4, 0.5) is 4.39 Å². The number of carboxylic acid groups (broad SMARTS) is 1. The molecular weight excluding hydrogens is 297 g/mol. The van der Waals surface area contributed by atoms with Gasteiger partial charge in [-0.3, -0.25) is 0 Å². The van der Waals surface area contributed by atoms with Crippen molar-refractivity contribution in [3.05, 3.63) is 65.1 Å². The van der Waals surface area contributed by atoms with E-state index in [2.05, 4.69) is 10.3 Å². The van der Waals surface area contributed by atoms with Crippen molar-refractivity contribution in [3.8, 4) is 16.9 Å². The van der Waals surface area contributed by atoms with Crippen molar-refractivity contribution < 1.29 is 14.3 Å². The first-order chi connectivity index (χ1) is 11.0. The first-order valence-electron chi connectivity index (χ1n) is 7.00. The van der Waals surface area contributed by atoms with E-state index >= 15 is 0 Å². The molecule has 5 nitrogen and oxygen atoms in total. The Kier molecular flexibility index (Phi) is 3.65. The number of nitrogens with zero attached hydrogens (tertiary/aromatic N) is 3. The molecule has 0 aliphatic heterocycles. The molecule has 0 bridgehead atoms. The Morgan fingerprint density at radius 1 is 1.17 bits per heavy atom. The van der Waals surface area contributed by atoms with Gasteiger partial charge in [0.05, 0.1) is 5.69 Å². The van der Waals surface area contributed by atoms with Gasteiger partial charge in [0.1, 0.15) is 11.5 Å². The normalized spacial score (nSPS) is 10.7. The topological polar surface area (TPSA) is 68.0 Å². The van der Waals surface area contributed by atoms with Crippen molar-refractivity contribution in [2.24, 2.45) is 0 Å². The summed E-state index contributed by atoms with van der Waals surface area (Å²) in [5, 5.41) is 17.0. The van der Waals surface area contributed by atoms with Crippen molar-refractivity contribution in [1.29, 1.82) is 0 Å². The van der Waals surface area contributed by atoms with E-state index in [0.29, 0.717) is 5.69 Å². The maximum atomic E-state index is 14.2. The van der Waals surface area contributed by atoms with Gasteiger partial charge in [0.2, 0.25) is 0 Å². The lowest BCUT2D eigenvalue weighted by molar-refractivity contribution is 0.0691. The molecule has 23 heavy (non-hydrogen) atoms. The summed E-state index contributed by atoms with van der Waals surface area (Å²) in [4.78, 5) is 11.5. The summed E-state index contributed by atoms with van der Waals surface area (Å²) in [5.74, 6) is -1.78. The van der Waals surface area contributed by atoms with E-state index in [1.54, 1.807) is 12.1 Å². The minimum atomic E-state index is -1.25. The Labute approximate surface area is 132 Å². The molecule has 116 valence electrons. The number of hydrogen-bond donors (Lipinski definition) is 1. The molecule has 0 radical (unpaired) electrons. The first kappa shape index (κ1) is 14.9. The number of aromatic carboxylic acids is 1. The molecule has 3 rings (SSSR count). The summed E-state index contributed by atoms with van der Waals surface area (Å²) in [5.41, 5.74) is 2.61. The van der Waals surface area contributed by atoms with Crippen LogP contribution in [-0.4, -0.2) is 26.1 Å². The van der Waals surface area contributed by atoms with Crippen LogP contribution >= 0.6 is 0 Å². The second-order valence-corrected chi connectivity index (χ2v) is 5.27. The van der Waals surface area contributed by atoms with Crippen molar-refractivity contribution in [2.45, 2.75) is 13.8 Å². The predicted molar refractivity (Wildman–Crippen MR) is 83.2 cm³/mol. The number of aromatic nitrogens is 3. The number of carbonyl (C=O) groups is 1. The molecule has 0 fully saturated rings. The van der Waals surface area contributed by atoms with Crippen LogP contribution in [0.1, 0.15) is 21.6 Å². The zero-order chi connectivity index (χ0) is 16.6. The monoisotopic (exact) mass is 311 g/mol. The third kappa shape index (κ3) is 2.59. The van der Waals surface area contributed by atoms with Gasteiger partial charge < -0.3 is 5.11 Å². The molecule has 6 heteroatoms. The summed E-state index contributed by atoms with van der Waals surface area (Å²) in [6.07, 6.45) is 0. The van der Waals surface area contributed by atoms with E-state index in [-0.39, 0.29) is 17.0 Å². The zero-order valence-electron chi connectivity index (χ0n) is 12.6. The predicted octanol–water partition coefficient (Wildman–Crippen LogP) is 3.39. The summed E-state index contributed by atoms with van der Waals surface area (Å²) in [7, 11) is 0.